The monoisotopic (exact) mass is 415 g/mol. The van der Waals surface area contributed by atoms with E-state index >= 15 is 0 Å². The van der Waals surface area contributed by atoms with Crippen LogP contribution in [0.3, 0.4) is 0 Å². The fourth-order valence-electron chi connectivity index (χ4n) is 3.18. The average molecular weight is 416 g/mol. The number of carbonyl (C=O) groups is 1. The van der Waals surface area contributed by atoms with Crippen LogP contribution in [-0.2, 0) is 9.84 Å². The minimum atomic E-state index is -3.24. The second-order valence-corrected chi connectivity index (χ2v) is 9.19. The number of hydrogen-bond donors (Lipinski definition) is 1. The second-order valence-electron chi connectivity index (χ2n) is 7.25. The van der Waals surface area contributed by atoms with Crippen molar-refractivity contribution in [1.82, 2.24) is 15.3 Å². The number of aryl methyl sites for hydroxylation is 1. The number of benzene rings is 1. The highest BCUT2D eigenvalue weighted by Crippen LogP contribution is 2.34. The van der Waals surface area contributed by atoms with Crippen molar-refractivity contribution in [1.29, 1.82) is 0 Å². The van der Waals surface area contributed by atoms with Crippen molar-refractivity contribution in [2.24, 2.45) is 0 Å². The molecule has 0 spiro atoms. The third-order valence-corrected chi connectivity index (χ3v) is 5.38. The van der Waals surface area contributed by atoms with Crippen LogP contribution < -0.4 is 10.1 Å². The standard InChI is InChI=1S/C21H25N3O4S/c1-15-8-10-17(11-9-15)28-21-18(20(25)22-12-5-13-29(2,26)27)14-23-19(24-21)16-6-3-4-7-16/h5,8-11,13-14,16H,3-4,6-7,12H2,1-2H3,(H,22,25). The van der Waals surface area contributed by atoms with E-state index in [4.69, 9.17) is 4.74 Å². The topological polar surface area (TPSA) is 98.2 Å². The zero-order chi connectivity index (χ0) is 20.9. The summed E-state index contributed by atoms with van der Waals surface area (Å²) in [7, 11) is -3.24. The third kappa shape index (κ3) is 6.12. The summed E-state index contributed by atoms with van der Waals surface area (Å²) in [5.41, 5.74) is 1.31. The molecule has 3 rings (SSSR count). The average Bonchev–Trinajstić information content (AvgIpc) is 3.21. The zero-order valence-electron chi connectivity index (χ0n) is 16.6. The lowest BCUT2D eigenvalue weighted by molar-refractivity contribution is 0.0954. The van der Waals surface area contributed by atoms with E-state index in [2.05, 4.69) is 15.3 Å². The van der Waals surface area contributed by atoms with Gasteiger partial charge < -0.3 is 10.1 Å². The van der Waals surface area contributed by atoms with Crippen LogP contribution in [0.25, 0.3) is 0 Å². The molecule has 0 aliphatic heterocycles. The van der Waals surface area contributed by atoms with Crippen molar-refractivity contribution in [3.05, 3.63) is 58.9 Å². The molecule has 1 aromatic heterocycles. The smallest absolute Gasteiger partial charge is 0.258 e. The quantitative estimate of drug-likeness (QED) is 0.743. The maximum atomic E-state index is 12.6. The first-order valence-electron chi connectivity index (χ1n) is 9.58. The van der Waals surface area contributed by atoms with Gasteiger partial charge in [-0.25, -0.2) is 13.4 Å². The van der Waals surface area contributed by atoms with Crippen molar-refractivity contribution in [3.8, 4) is 11.6 Å². The minimum absolute atomic E-state index is 0.0697. The number of nitrogens with zero attached hydrogens (tertiary/aromatic N) is 2. The van der Waals surface area contributed by atoms with E-state index < -0.39 is 15.7 Å². The van der Waals surface area contributed by atoms with E-state index in [0.717, 1.165) is 42.9 Å². The number of nitrogens with one attached hydrogen (secondary N) is 1. The Bertz CT molecular complexity index is 995. The summed E-state index contributed by atoms with van der Waals surface area (Å²) in [6.45, 7) is 2.05. The Morgan fingerprint density at radius 2 is 1.93 bits per heavy atom. The molecular formula is C21H25N3O4S. The van der Waals surface area contributed by atoms with E-state index in [9.17, 15) is 13.2 Å². The zero-order valence-corrected chi connectivity index (χ0v) is 17.4. The molecule has 1 aliphatic carbocycles. The molecule has 1 amide bonds. The molecule has 8 heteroatoms. The molecule has 0 unspecified atom stereocenters. The summed E-state index contributed by atoms with van der Waals surface area (Å²) in [6.07, 6.45) is 8.32. The molecule has 0 saturated heterocycles. The summed E-state index contributed by atoms with van der Waals surface area (Å²) in [5, 5.41) is 3.70. The molecule has 1 heterocycles. The number of carbonyl (C=O) groups excluding carboxylic acids is 1. The normalized spacial score (nSPS) is 15.0. The molecule has 0 radical (unpaired) electrons. The molecule has 1 fully saturated rings. The van der Waals surface area contributed by atoms with Crippen LogP contribution in [-0.4, -0.2) is 37.1 Å². The highest BCUT2D eigenvalue weighted by molar-refractivity contribution is 7.93. The van der Waals surface area contributed by atoms with E-state index in [-0.39, 0.29) is 23.9 Å². The lowest BCUT2D eigenvalue weighted by Gasteiger charge is -2.13. The summed E-state index contributed by atoms with van der Waals surface area (Å²) in [4.78, 5) is 21.6. The minimum Gasteiger partial charge on any atom is -0.438 e. The highest BCUT2D eigenvalue weighted by Gasteiger charge is 2.23. The molecular weight excluding hydrogens is 390 g/mol. The van der Waals surface area contributed by atoms with Crippen molar-refractivity contribution >= 4 is 15.7 Å². The van der Waals surface area contributed by atoms with E-state index in [1.165, 1.54) is 12.3 Å². The predicted molar refractivity (Wildman–Crippen MR) is 111 cm³/mol. The lowest BCUT2D eigenvalue weighted by Crippen LogP contribution is -2.25. The fraction of sp³-hybridized carbons (Fsp3) is 0.381. The number of aromatic nitrogens is 2. The van der Waals surface area contributed by atoms with Gasteiger partial charge in [-0.15, -0.1) is 0 Å². The molecule has 2 aromatic rings. The maximum Gasteiger partial charge on any atom is 0.258 e. The van der Waals surface area contributed by atoms with Crippen LogP contribution in [0.5, 0.6) is 11.6 Å². The molecule has 0 bridgehead atoms. The van der Waals surface area contributed by atoms with E-state index in [1.54, 1.807) is 0 Å². The number of amides is 1. The first kappa shape index (κ1) is 21.0. The first-order valence-corrected chi connectivity index (χ1v) is 11.5. The second kappa shape index (κ2) is 9.17. The van der Waals surface area contributed by atoms with Gasteiger partial charge in [0.1, 0.15) is 17.1 Å². The van der Waals surface area contributed by atoms with Gasteiger partial charge in [-0.2, -0.15) is 4.98 Å². The van der Waals surface area contributed by atoms with Gasteiger partial charge in [-0.05, 0) is 31.9 Å². The number of ether oxygens (including phenoxy) is 1. The lowest BCUT2D eigenvalue weighted by atomic mass is 10.1. The van der Waals surface area contributed by atoms with Gasteiger partial charge in [0.2, 0.25) is 5.88 Å². The Hall–Kier alpha value is -2.74. The van der Waals surface area contributed by atoms with Gasteiger partial charge in [0.25, 0.3) is 5.91 Å². The Balaban J connectivity index is 1.82. The van der Waals surface area contributed by atoms with Crippen LogP contribution >= 0.6 is 0 Å². The van der Waals surface area contributed by atoms with Crippen molar-refractivity contribution < 1.29 is 17.9 Å². The van der Waals surface area contributed by atoms with Crippen LogP contribution in [0.4, 0.5) is 0 Å². The molecule has 0 atom stereocenters. The van der Waals surface area contributed by atoms with E-state index in [1.807, 2.05) is 31.2 Å². The van der Waals surface area contributed by atoms with Crippen LogP contribution in [0.1, 0.15) is 53.3 Å². The summed E-state index contributed by atoms with van der Waals surface area (Å²) in [5.74, 6) is 1.33. The summed E-state index contributed by atoms with van der Waals surface area (Å²) < 4.78 is 28.2. The summed E-state index contributed by atoms with van der Waals surface area (Å²) >= 11 is 0. The maximum absolute atomic E-state index is 12.6. The number of sulfone groups is 1. The SMILES string of the molecule is Cc1ccc(Oc2nc(C3CCCC3)ncc2C(=O)NCC=CS(C)(=O)=O)cc1. The molecule has 1 aromatic carbocycles. The molecule has 7 nitrogen and oxygen atoms in total. The Kier molecular flexibility index (Phi) is 6.64. The Labute approximate surface area is 171 Å². The van der Waals surface area contributed by atoms with E-state index in [0.29, 0.717) is 11.6 Å². The summed E-state index contributed by atoms with van der Waals surface area (Å²) in [6, 6.07) is 7.49. The third-order valence-electron chi connectivity index (χ3n) is 4.70. The van der Waals surface area contributed by atoms with Gasteiger partial charge >= 0.3 is 0 Å². The van der Waals surface area contributed by atoms with Crippen molar-refractivity contribution in [2.75, 3.05) is 12.8 Å². The van der Waals surface area contributed by atoms with Gasteiger partial charge in [0.05, 0.1) is 0 Å². The Morgan fingerprint density at radius 3 is 2.59 bits per heavy atom. The number of hydrogen-bond acceptors (Lipinski definition) is 6. The fourth-order valence-corrected chi connectivity index (χ4v) is 3.63. The first-order chi connectivity index (χ1) is 13.8. The largest absolute Gasteiger partial charge is 0.438 e. The van der Waals surface area contributed by atoms with Crippen molar-refractivity contribution in [2.45, 2.75) is 38.5 Å². The van der Waals surface area contributed by atoms with Gasteiger partial charge in [0, 0.05) is 30.3 Å². The van der Waals surface area contributed by atoms with Crippen LogP contribution in [0.15, 0.2) is 41.9 Å². The molecule has 1 saturated carbocycles. The van der Waals surface area contributed by atoms with Gasteiger partial charge in [0.15, 0.2) is 9.84 Å². The molecule has 1 N–H and O–H groups in total. The highest BCUT2D eigenvalue weighted by atomic mass is 32.2. The van der Waals surface area contributed by atoms with Gasteiger partial charge in [-0.1, -0.05) is 36.6 Å². The predicted octanol–water partition coefficient (Wildman–Crippen LogP) is 3.52. The van der Waals surface area contributed by atoms with Crippen LogP contribution in [0, 0.1) is 6.92 Å². The van der Waals surface area contributed by atoms with Crippen molar-refractivity contribution in [3.63, 3.8) is 0 Å². The molecule has 1 aliphatic rings. The molecule has 29 heavy (non-hydrogen) atoms. The van der Waals surface area contributed by atoms with Crippen LogP contribution in [0.2, 0.25) is 0 Å². The number of rotatable bonds is 7. The van der Waals surface area contributed by atoms with Gasteiger partial charge in [-0.3, -0.25) is 4.79 Å². The molecule has 154 valence electrons. The Morgan fingerprint density at radius 1 is 1.24 bits per heavy atom.